The summed E-state index contributed by atoms with van der Waals surface area (Å²) in [5.74, 6) is -0.244. The van der Waals surface area contributed by atoms with Gasteiger partial charge in [-0.25, -0.2) is 0 Å². The zero-order valence-electron chi connectivity index (χ0n) is 9.82. The van der Waals surface area contributed by atoms with E-state index in [0.29, 0.717) is 6.54 Å². The maximum Gasteiger partial charge on any atom is 0.293 e. The van der Waals surface area contributed by atoms with E-state index in [9.17, 15) is 14.9 Å². The molecule has 1 amide bonds. The fraction of sp³-hybridized carbons (Fsp3) is 0.364. The van der Waals surface area contributed by atoms with Crippen molar-refractivity contribution in [3.8, 4) is 0 Å². The maximum atomic E-state index is 11.5. The maximum absolute atomic E-state index is 11.5. The van der Waals surface area contributed by atoms with E-state index >= 15 is 0 Å². The summed E-state index contributed by atoms with van der Waals surface area (Å²) in [4.78, 5) is 21.8. The first-order valence-electron chi connectivity index (χ1n) is 5.24. The quantitative estimate of drug-likeness (QED) is 0.599. The molecule has 0 spiro atoms. The number of nitro groups is 1. The van der Waals surface area contributed by atoms with Crippen LogP contribution in [0.1, 0.15) is 12.0 Å². The molecule has 0 saturated heterocycles. The van der Waals surface area contributed by atoms with Crippen LogP contribution in [-0.2, 0) is 4.79 Å². The lowest BCUT2D eigenvalue weighted by Crippen LogP contribution is -2.19. The van der Waals surface area contributed by atoms with Crippen molar-refractivity contribution in [1.82, 2.24) is 5.32 Å². The number of nitrogens with one attached hydrogen (secondary N) is 2. The molecule has 2 N–H and O–H groups in total. The first kappa shape index (κ1) is 13.1. The molecule has 1 aromatic carbocycles. The van der Waals surface area contributed by atoms with Gasteiger partial charge >= 0.3 is 0 Å². The lowest BCUT2D eigenvalue weighted by molar-refractivity contribution is -0.384. The van der Waals surface area contributed by atoms with Crippen LogP contribution in [0.3, 0.4) is 0 Å². The number of amides is 1. The predicted octanol–water partition coefficient (Wildman–Crippen LogP) is 1.45. The Morgan fingerprint density at radius 1 is 1.47 bits per heavy atom. The molecule has 0 heterocycles. The lowest BCUT2D eigenvalue weighted by Gasteiger charge is -2.06. The van der Waals surface area contributed by atoms with E-state index in [4.69, 9.17) is 0 Å². The van der Waals surface area contributed by atoms with Gasteiger partial charge in [-0.2, -0.15) is 0 Å². The van der Waals surface area contributed by atoms with Crippen LogP contribution in [0.5, 0.6) is 0 Å². The average Bonchev–Trinajstić information content (AvgIpc) is 2.28. The highest BCUT2D eigenvalue weighted by atomic mass is 16.6. The third-order valence-corrected chi connectivity index (χ3v) is 2.23. The number of carbonyl (C=O) groups excluding carboxylic acids is 1. The molecule has 92 valence electrons. The zero-order valence-corrected chi connectivity index (χ0v) is 9.82. The number of rotatable bonds is 5. The second-order valence-electron chi connectivity index (χ2n) is 3.68. The first-order chi connectivity index (χ1) is 8.04. The lowest BCUT2D eigenvalue weighted by atomic mass is 10.2. The van der Waals surface area contributed by atoms with Gasteiger partial charge in [0.15, 0.2) is 0 Å². The normalized spacial score (nSPS) is 10.0. The highest BCUT2D eigenvalue weighted by Crippen LogP contribution is 2.25. The summed E-state index contributed by atoms with van der Waals surface area (Å²) < 4.78 is 0. The fourth-order valence-corrected chi connectivity index (χ4v) is 1.35. The first-order valence-corrected chi connectivity index (χ1v) is 5.24. The van der Waals surface area contributed by atoms with Crippen LogP contribution in [0, 0.1) is 17.0 Å². The summed E-state index contributed by atoms with van der Waals surface area (Å²) in [6, 6.07) is 4.71. The Hall–Kier alpha value is -1.95. The molecule has 0 aromatic heterocycles. The highest BCUT2D eigenvalue weighted by molar-refractivity contribution is 5.93. The topological polar surface area (TPSA) is 84.3 Å². The minimum absolute atomic E-state index is 0.0807. The minimum Gasteiger partial charge on any atom is -0.320 e. The molecule has 0 aliphatic rings. The third-order valence-electron chi connectivity index (χ3n) is 2.23. The largest absolute Gasteiger partial charge is 0.320 e. The molecule has 6 heteroatoms. The molecule has 0 bridgehead atoms. The van der Waals surface area contributed by atoms with Crippen LogP contribution in [0.2, 0.25) is 0 Å². The standard InChI is InChI=1S/C11H15N3O3/c1-8-3-4-9(10(7-8)14(16)17)13-11(15)5-6-12-2/h3-4,7,12H,5-6H2,1-2H3,(H,13,15). The molecule has 17 heavy (non-hydrogen) atoms. The molecule has 1 aromatic rings. The number of anilines is 1. The number of hydrogen-bond acceptors (Lipinski definition) is 4. The Labute approximate surface area is 99.2 Å². The number of carbonyl (C=O) groups is 1. The van der Waals surface area contributed by atoms with E-state index in [-0.39, 0.29) is 23.7 Å². The summed E-state index contributed by atoms with van der Waals surface area (Å²) in [5.41, 5.74) is 0.939. The summed E-state index contributed by atoms with van der Waals surface area (Å²) in [5, 5.41) is 16.2. The summed E-state index contributed by atoms with van der Waals surface area (Å²) in [6.45, 7) is 2.30. The van der Waals surface area contributed by atoms with Crippen molar-refractivity contribution < 1.29 is 9.72 Å². The van der Waals surface area contributed by atoms with Gasteiger partial charge in [0.05, 0.1) is 4.92 Å². The van der Waals surface area contributed by atoms with Crippen molar-refractivity contribution in [3.63, 3.8) is 0 Å². The minimum atomic E-state index is -0.499. The molecule has 0 radical (unpaired) electrons. The fourth-order valence-electron chi connectivity index (χ4n) is 1.35. The van der Waals surface area contributed by atoms with Gasteiger partial charge in [-0.15, -0.1) is 0 Å². The molecule has 0 unspecified atom stereocenters. The molecule has 1 rings (SSSR count). The third kappa shape index (κ3) is 3.84. The molecular weight excluding hydrogens is 222 g/mol. The molecule has 6 nitrogen and oxygen atoms in total. The Morgan fingerprint density at radius 3 is 2.76 bits per heavy atom. The Morgan fingerprint density at radius 2 is 2.18 bits per heavy atom. The Bertz CT molecular complexity index is 432. The van der Waals surface area contributed by atoms with Gasteiger partial charge in [0, 0.05) is 19.0 Å². The van der Waals surface area contributed by atoms with E-state index < -0.39 is 4.92 Å². The molecule has 0 saturated carbocycles. The summed E-state index contributed by atoms with van der Waals surface area (Å²) in [7, 11) is 1.74. The van der Waals surface area contributed by atoms with Crippen molar-refractivity contribution in [1.29, 1.82) is 0 Å². The Balaban J connectivity index is 2.83. The molecule has 0 fully saturated rings. The summed E-state index contributed by atoms with van der Waals surface area (Å²) in [6.07, 6.45) is 0.279. The number of benzene rings is 1. The number of aryl methyl sites for hydroxylation is 1. The van der Waals surface area contributed by atoms with E-state index in [2.05, 4.69) is 10.6 Å². The van der Waals surface area contributed by atoms with E-state index in [0.717, 1.165) is 5.56 Å². The van der Waals surface area contributed by atoms with Gasteiger partial charge in [0.25, 0.3) is 5.69 Å². The molecular formula is C11H15N3O3. The highest BCUT2D eigenvalue weighted by Gasteiger charge is 2.15. The van der Waals surface area contributed by atoms with Gasteiger partial charge < -0.3 is 10.6 Å². The van der Waals surface area contributed by atoms with Crippen LogP contribution >= 0.6 is 0 Å². The van der Waals surface area contributed by atoms with Crippen LogP contribution in [0.4, 0.5) is 11.4 Å². The Kier molecular flexibility index (Phi) is 4.59. The smallest absolute Gasteiger partial charge is 0.293 e. The average molecular weight is 237 g/mol. The van der Waals surface area contributed by atoms with Crippen LogP contribution < -0.4 is 10.6 Å². The monoisotopic (exact) mass is 237 g/mol. The van der Waals surface area contributed by atoms with Gasteiger partial charge in [-0.3, -0.25) is 14.9 Å². The van der Waals surface area contributed by atoms with Crippen LogP contribution in [0.15, 0.2) is 18.2 Å². The van der Waals surface area contributed by atoms with Crippen molar-refractivity contribution in [2.45, 2.75) is 13.3 Å². The van der Waals surface area contributed by atoms with Crippen molar-refractivity contribution in [3.05, 3.63) is 33.9 Å². The van der Waals surface area contributed by atoms with Crippen molar-refractivity contribution in [2.75, 3.05) is 18.9 Å². The summed E-state index contributed by atoms with van der Waals surface area (Å²) >= 11 is 0. The molecule has 0 atom stereocenters. The van der Waals surface area contributed by atoms with Crippen molar-refractivity contribution in [2.24, 2.45) is 0 Å². The molecule has 0 aliphatic carbocycles. The van der Waals surface area contributed by atoms with Crippen LogP contribution in [-0.4, -0.2) is 24.4 Å². The molecule has 0 aliphatic heterocycles. The van der Waals surface area contributed by atoms with E-state index in [1.165, 1.54) is 6.07 Å². The SMILES string of the molecule is CNCCC(=O)Nc1ccc(C)cc1[N+](=O)[O-]. The van der Waals surface area contributed by atoms with Gasteiger partial charge in [0.2, 0.25) is 5.91 Å². The van der Waals surface area contributed by atoms with E-state index in [1.54, 1.807) is 26.1 Å². The number of nitro benzene ring substituents is 1. The number of hydrogen-bond donors (Lipinski definition) is 2. The van der Waals surface area contributed by atoms with Gasteiger partial charge in [-0.1, -0.05) is 6.07 Å². The predicted molar refractivity (Wildman–Crippen MR) is 65.0 cm³/mol. The second-order valence-corrected chi connectivity index (χ2v) is 3.68. The van der Waals surface area contributed by atoms with Crippen LogP contribution in [0.25, 0.3) is 0 Å². The van der Waals surface area contributed by atoms with Gasteiger partial charge in [0.1, 0.15) is 5.69 Å². The second kappa shape index (κ2) is 5.95. The van der Waals surface area contributed by atoms with Crippen molar-refractivity contribution >= 4 is 17.3 Å². The van der Waals surface area contributed by atoms with E-state index in [1.807, 2.05) is 0 Å². The zero-order chi connectivity index (χ0) is 12.8. The van der Waals surface area contributed by atoms with Gasteiger partial charge in [-0.05, 0) is 25.6 Å². The number of nitrogens with zero attached hydrogens (tertiary/aromatic N) is 1.